The number of amides is 2. The first-order valence-electron chi connectivity index (χ1n) is 23.4. The number of cyclic esters (lactones) is 1. The number of carbonyl (C=O) groups is 2. The van der Waals surface area contributed by atoms with Gasteiger partial charge in [-0.15, -0.1) is 0 Å². The van der Waals surface area contributed by atoms with E-state index in [2.05, 4.69) is 20.7 Å². The standard InChI is InChI=1S/C48H75N5O16/c1-28-18-16-14-12-10-8-6-7-9-11-13-15-17-19-35(68-46-45(63)42(52-53-49)44(62)31(4)67-46)25-39-41(51-47(64)50-5)38(59)27-48(65,69-39)26-34(56)23-37(58)36(57)21-20-32(54)22-33(55)24-40(60)66-30(3)29(2)43(28)61/h6-19,28-39,41-46,54-59,61-63,65H,20-27H2,1-5H3,(H2,50,51,64)/b7-6+,10-8+,11-9+,14-12+,15-13+,18-16+,19-17+/t28-,29-,30-,31+,32?,33?,34?,35?,36?,37?,38-,39-,41?,42-,43?,44?,45-,46?,48?/m0/s1. The van der Waals surface area contributed by atoms with Gasteiger partial charge in [-0.25, -0.2) is 4.79 Å². The van der Waals surface area contributed by atoms with Gasteiger partial charge in [0.05, 0.1) is 85.6 Å². The highest BCUT2D eigenvalue weighted by atomic mass is 16.7. The molecule has 3 rings (SSSR count). The molecule has 12 N–H and O–H groups in total. The highest BCUT2D eigenvalue weighted by molar-refractivity contribution is 5.74. The van der Waals surface area contributed by atoms with Gasteiger partial charge < -0.3 is 80.6 Å². The zero-order valence-electron chi connectivity index (χ0n) is 39.9. The molecule has 11 unspecified atom stereocenters. The molecular formula is C48H75N5O16. The molecule has 0 aromatic rings. The number of azide groups is 1. The first-order chi connectivity index (χ1) is 32.7. The summed E-state index contributed by atoms with van der Waals surface area (Å²) < 4.78 is 23.6. The van der Waals surface area contributed by atoms with Crippen molar-refractivity contribution in [1.82, 2.24) is 10.6 Å². The fraction of sp³-hybridized carbons (Fsp3) is 0.667. The van der Waals surface area contributed by atoms with E-state index in [4.69, 9.17) is 24.5 Å². The molecule has 2 fully saturated rings. The Labute approximate surface area is 403 Å². The summed E-state index contributed by atoms with van der Waals surface area (Å²) in [5.41, 5.74) is 9.12. The summed E-state index contributed by atoms with van der Waals surface area (Å²) in [7, 11) is 1.35. The van der Waals surface area contributed by atoms with Gasteiger partial charge in [0.15, 0.2) is 12.1 Å². The van der Waals surface area contributed by atoms with Crippen LogP contribution in [0.25, 0.3) is 10.4 Å². The molecule has 0 aromatic heterocycles. The van der Waals surface area contributed by atoms with Gasteiger partial charge in [-0.05, 0) is 38.6 Å². The largest absolute Gasteiger partial charge is 0.462 e. The van der Waals surface area contributed by atoms with Crippen molar-refractivity contribution in [2.24, 2.45) is 17.0 Å². The van der Waals surface area contributed by atoms with E-state index in [0.717, 1.165) is 0 Å². The van der Waals surface area contributed by atoms with E-state index in [1.807, 2.05) is 25.2 Å². The van der Waals surface area contributed by atoms with Crippen LogP contribution in [-0.2, 0) is 23.7 Å². The van der Waals surface area contributed by atoms with Gasteiger partial charge in [-0.3, -0.25) is 4.79 Å². The van der Waals surface area contributed by atoms with Crippen LogP contribution in [0.4, 0.5) is 4.79 Å². The number of aliphatic hydroxyl groups is 10. The monoisotopic (exact) mass is 978 g/mol. The smallest absolute Gasteiger partial charge is 0.314 e. The van der Waals surface area contributed by atoms with Crippen LogP contribution in [0.5, 0.6) is 0 Å². The second-order valence-electron chi connectivity index (χ2n) is 18.1. The Morgan fingerprint density at radius 2 is 1.32 bits per heavy atom. The van der Waals surface area contributed by atoms with Crippen LogP contribution in [-0.4, -0.2) is 174 Å². The molecule has 21 nitrogen and oxygen atoms in total. The van der Waals surface area contributed by atoms with Crippen LogP contribution >= 0.6 is 0 Å². The number of carbonyl (C=O) groups excluding carboxylic acids is 2. The van der Waals surface area contributed by atoms with Gasteiger partial charge in [0.25, 0.3) is 0 Å². The van der Waals surface area contributed by atoms with Crippen molar-refractivity contribution < 1.29 is 79.6 Å². The topological polar surface area (TPSA) is 346 Å². The Balaban J connectivity index is 1.92. The molecule has 69 heavy (non-hydrogen) atoms. The van der Waals surface area contributed by atoms with E-state index >= 15 is 0 Å². The molecule has 2 amide bonds. The van der Waals surface area contributed by atoms with E-state index < -0.39 is 147 Å². The first kappa shape index (κ1) is 59.0. The lowest BCUT2D eigenvalue weighted by molar-refractivity contribution is -0.302. The lowest BCUT2D eigenvalue weighted by Crippen LogP contribution is -2.63. The maximum atomic E-state index is 12.7. The van der Waals surface area contributed by atoms with E-state index in [0.29, 0.717) is 0 Å². The highest BCUT2D eigenvalue weighted by Crippen LogP contribution is 2.35. The fourth-order valence-corrected chi connectivity index (χ4v) is 8.20. The summed E-state index contributed by atoms with van der Waals surface area (Å²) in [5.74, 6) is -3.74. The Hall–Kier alpha value is -4.29. The van der Waals surface area contributed by atoms with Gasteiger partial charge in [-0.2, -0.15) is 0 Å². The number of nitrogens with zero attached hydrogens (tertiary/aromatic N) is 3. The van der Waals surface area contributed by atoms with Crippen molar-refractivity contribution in [3.05, 3.63) is 95.5 Å². The second-order valence-corrected chi connectivity index (χ2v) is 18.1. The second kappa shape index (κ2) is 29.8. The summed E-state index contributed by atoms with van der Waals surface area (Å²) in [4.78, 5) is 28.0. The number of fused-ring (bicyclic) bond motifs is 2. The summed E-state index contributed by atoms with van der Waals surface area (Å²) in [6.07, 6.45) is 3.80. The Kier molecular flexibility index (Phi) is 25.5. The van der Waals surface area contributed by atoms with Crippen LogP contribution in [0, 0.1) is 11.8 Å². The average molecular weight is 978 g/mol. The van der Waals surface area contributed by atoms with Gasteiger partial charge in [0.1, 0.15) is 12.2 Å². The van der Waals surface area contributed by atoms with Crippen molar-refractivity contribution in [2.45, 2.75) is 183 Å². The van der Waals surface area contributed by atoms with E-state index in [1.165, 1.54) is 14.0 Å². The number of urea groups is 1. The van der Waals surface area contributed by atoms with Gasteiger partial charge in [-0.1, -0.05) is 104 Å². The molecule has 0 radical (unpaired) electrons. The highest BCUT2D eigenvalue weighted by Gasteiger charge is 2.49. The summed E-state index contributed by atoms with van der Waals surface area (Å²) in [6, 6.07) is -3.22. The average Bonchev–Trinajstić information content (AvgIpc) is 3.28. The molecule has 0 aromatic carbocycles. The fourth-order valence-electron chi connectivity index (χ4n) is 8.20. The molecule has 0 aliphatic carbocycles. The van der Waals surface area contributed by atoms with Crippen molar-refractivity contribution in [2.75, 3.05) is 7.05 Å². The molecule has 0 saturated carbocycles. The molecule has 3 heterocycles. The molecule has 19 atom stereocenters. The number of esters is 1. The van der Waals surface area contributed by atoms with Gasteiger partial charge in [0.2, 0.25) is 0 Å². The molecule has 21 heteroatoms. The molecular weight excluding hydrogens is 903 g/mol. The number of hydrogen-bond donors (Lipinski definition) is 12. The van der Waals surface area contributed by atoms with Crippen molar-refractivity contribution in [1.29, 1.82) is 0 Å². The predicted octanol–water partition coefficient (Wildman–Crippen LogP) is 1.66. The predicted molar refractivity (Wildman–Crippen MR) is 252 cm³/mol. The number of nitrogens with one attached hydrogen (secondary N) is 2. The number of ether oxygens (including phenoxy) is 4. The minimum absolute atomic E-state index is 0.104. The summed E-state index contributed by atoms with van der Waals surface area (Å²) >= 11 is 0. The number of allylic oxidation sites excluding steroid dienone is 12. The van der Waals surface area contributed by atoms with Crippen LogP contribution in [0.2, 0.25) is 0 Å². The maximum Gasteiger partial charge on any atom is 0.314 e. The SMILES string of the molecule is CNC(=O)NC1[C@@H]2CC(OC3O[C@H](C)C(O)[C@H](N=[N+]=[N-])[C@@H]3O)/C=C/C=C/C=C/C=C/C=C/C=C/C=C/[C@H](C)C(O)[C@@H](C)[C@H](C)OC(=O)CC(O)CC(O)CCC(O)C(O)CC(O)CC(O)(C[C@@H]1O)O2. The third-order valence-corrected chi connectivity index (χ3v) is 12.4. The zero-order chi connectivity index (χ0) is 51.3. The van der Waals surface area contributed by atoms with Crippen LogP contribution in [0.1, 0.15) is 79.1 Å². The number of hydrogen-bond acceptors (Lipinski definition) is 17. The lowest BCUT2D eigenvalue weighted by Gasteiger charge is -2.46. The summed E-state index contributed by atoms with van der Waals surface area (Å²) in [6.45, 7) is 6.71. The molecule has 388 valence electrons. The molecule has 0 spiro atoms. The lowest BCUT2D eigenvalue weighted by atomic mass is 9.87. The molecule has 2 saturated heterocycles. The minimum Gasteiger partial charge on any atom is -0.462 e. The third-order valence-electron chi connectivity index (χ3n) is 12.4. The Bertz CT molecular complexity index is 1840. The van der Waals surface area contributed by atoms with Crippen molar-refractivity contribution in [3.63, 3.8) is 0 Å². The maximum absolute atomic E-state index is 12.7. The van der Waals surface area contributed by atoms with Crippen molar-refractivity contribution >= 4 is 12.0 Å². The van der Waals surface area contributed by atoms with Gasteiger partial charge >= 0.3 is 12.0 Å². The molecule has 3 aliphatic rings. The van der Waals surface area contributed by atoms with E-state index in [-0.39, 0.29) is 31.6 Å². The summed E-state index contributed by atoms with van der Waals surface area (Å²) in [5, 5.41) is 118. The molecule has 3 aliphatic heterocycles. The third kappa shape index (κ3) is 20.2. The Morgan fingerprint density at radius 1 is 0.725 bits per heavy atom. The van der Waals surface area contributed by atoms with Crippen molar-refractivity contribution in [3.8, 4) is 0 Å². The van der Waals surface area contributed by atoms with E-state index in [1.54, 1.807) is 80.7 Å². The Morgan fingerprint density at radius 3 is 1.91 bits per heavy atom. The normalized spacial score (nSPS) is 43.3. The van der Waals surface area contributed by atoms with Crippen LogP contribution in [0.15, 0.2) is 90.2 Å². The number of aliphatic hydroxyl groups excluding tert-OH is 9. The molecule has 2 bridgehead atoms. The minimum atomic E-state index is -2.27. The first-order valence-corrected chi connectivity index (χ1v) is 23.4. The van der Waals surface area contributed by atoms with Crippen LogP contribution < -0.4 is 10.6 Å². The number of rotatable bonds is 4. The van der Waals surface area contributed by atoms with Crippen LogP contribution in [0.3, 0.4) is 0 Å². The quantitative estimate of drug-likeness (QED) is 0.0825. The van der Waals surface area contributed by atoms with Gasteiger partial charge in [0, 0.05) is 49.5 Å². The van der Waals surface area contributed by atoms with E-state index in [9.17, 15) is 60.7 Å². The zero-order valence-corrected chi connectivity index (χ0v) is 39.9.